The second-order valence-corrected chi connectivity index (χ2v) is 6.96. The quantitative estimate of drug-likeness (QED) is 0.688. The van der Waals surface area contributed by atoms with Crippen molar-refractivity contribution < 1.29 is 4.79 Å². The minimum Gasteiger partial charge on any atom is -0.356 e. The van der Waals surface area contributed by atoms with Crippen molar-refractivity contribution in [2.75, 3.05) is 28.6 Å². The van der Waals surface area contributed by atoms with E-state index in [9.17, 15) is 4.79 Å². The van der Waals surface area contributed by atoms with E-state index in [4.69, 9.17) is 0 Å². The first-order valence-electron chi connectivity index (χ1n) is 9.54. The Bertz CT molecular complexity index is 930. The maximum Gasteiger partial charge on any atom is 0.244 e. The molecule has 0 unspecified atom stereocenters. The van der Waals surface area contributed by atoms with Gasteiger partial charge >= 0.3 is 0 Å². The van der Waals surface area contributed by atoms with E-state index in [2.05, 4.69) is 25.5 Å². The number of anilines is 4. The molecule has 1 fully saturated rings. The molecule has 2 aromatic heterocycles. The molecule has 2 N–H and O–H groups in total. The summed E-state index contributed by atoms with van der Waals surface area (Å²) in [5, 5.41) is 6.24. The number of rotatable bonds is 6. The van der Waals surface area contributed by atoms with Crippen molar-refractivity contribution >= 4 is 28.9 Å². The van der Waals surface area contributed by atoms with Gasteiger partial charge in [0.25, 0.3) is 0 Å². The standard InChI is InChI=1S/C21H24N6O/c1-16-22-19(14-20(23-16)27-12-4-5-13-27)24-17-6-8-18(9-7-17)25-21(28)15-26-10-2-3-11-26/h2-3,6-11,14H,4-5,12-13,15H2,1H3,(H,25,28)(H,22,23,24). The molecular weight excluding hydrogens is 352 g/mol. The normalized spacial score (nSPS) is 13.5. The molecule has 28 heavy (non-hydrogen) atoms. The fourth-order valence-electron chi connectivity index (χ4n) is 3.35. The Kier molecular flexibility index (Phi) is 5.23. The van der Waals surface area contributed by atoms with Crippen molar-refractivity contribution in [3.63, 3.8) is 0 Å². The summed E-state index contributed by atoms with van der Waals surface area (Å²) in [4.78, 5) is 23.4. The highest BCUT2D eigenvalue weighted by Crippen LogP contribution is 2.23. The molecule has 1 aliphatic heterocycles. The van der Waals surface area contributed by atoms with Crippen LogP contribution in [0.3, 0.4) is 0 Å². The lowest BCUT2D eigenvalue weighted by atomic mass is 10.2. The average molecular weight is 376 g/mol. The zero-order valence-electron chi connectivity index (χ0n) is 15.9. The van der Waals surface area contributed by atoms with E-state index in [1.54, 1.807) is 0 Å². The Morgan fingerprint density at radius 1 is 1.04 bits per heavy atom. The fraction of sp³-hybridized carbons (Fsp3) is 0.286. The fourth-order valence-corrected chi connectivity index (χ4v) is 3.35. The molecular formula is C21H24N6O. The third-order valence-corrected chi connectivity index (χ3v) is 4.69. The molecule has 0 bridgehead atoms. The lowest BCUT2D eigenvalue weighted by Crippen LogP contribution is -2.19. The Morgan fingerprint density at radius 3 is 2.43 bits per heavy atom. The highest BCUT2D eigenvalue weighted by Gasteiger charge is 2.15. The van der Waals surface area contributed by atoms with E-state index >= 15 is 0 Å². The van der Waals surface area contributed by atoms with Gasteiger partial charge in [-0.25, -0.2) is 9.97 Å². The highest BCUT2D eigenvalue weighted by molar-refractivity contribution is 5.90. The minimum absolute atomic E-state index is 0.0569. The topological polar surface area (TPSA) is 75.1 Å². The molecule has 0 spiro atoms. The first-order chi connectivity index (χ1) is 13.7. The number of carbonyl (C=O) groups excluding carboxylic acids is 1. The van der Waals surface area contributed by atoms with Gasteiger partial charge in [-0.1, -0.05) is 0 Å². The summed E-state index contributed by atoms with van der Waals surface area (Å²) in [5.41, 5.74) is 1.67. The SMILES string of the molecule is Cc1nc(Nc2ccc(NC(=O)Cn3cccc3)cc2)cc(N2CCCC2)n1. The smallest absolute Gasteiger partial charge is 0.244 e. The van der Waals surface area contributed by atoms with Gasteiger partial charge in [0, 0.05) is 42.9 Å². The molecule has 4 rings (SSSR count). The Hall–Kier alpha value is -3.35. The number of nitrogens with one attached hydrogen (secondary N) is 2. The number of hydrogen-bond acceptors (Lipinski definition) is 5. The van der Waals surface area contributed by atoms with Crippen molar-refractivity contribution in [2.24, 2.45) is 0 Å². The molecule has 0 saturated carbocycles. The van der Waals surface area contributed by atoms with Crippen LogP contribution in [0.25, 0.3) is 0 Å². The van der Waals surface area contributed by atoms with Gasteiger partial charge in [0.05, 0.1) is 0 Å². The summed E-state index contributed by atoms with van der Waals surface area (Å²) in [7, 11) is 0. The molecule has 3 heterocycles. The molecule has 1 saturated heterocycles. The van der Waals surface area contributed by atoms with Gasteiger partial charge in [-0.05, 0) is 56.2 Å². The molecule has 7 heteroatoms. The number of carbonyl (C=O) groups is 1. The van der Waals surface area contributed by atoms with Crippen LogP contribution < -0.4 is 15.5 Å². The molecule has 0 radical (unpaired) electrons. The van der Waals surface area contributed by atoms with Crippen LogP contribution in [0.5, 0.6) is 0 Å². The van der Waals surface area contributed by atoms with Gasteiger partial charge in [-0.2, -0.15) is 0 Å². The number of amides is 1. The molecule has 3 aromatic rings. The Labute approximate surface area is 164 Å². The first kappa shape index (κ1) is 18.0. The largest absolute Gasteiger partial charge is 0.356 e. The molecule has 1 aliphatic rings. The van der Waals surface area contributed by atoms with Crippen LogP contribution in [0.4, 0.5) is 23.0 Å². The van der Waals surface area contributed by atoms with Gasteiger partial charge in [-0.3, -0.25) is 4.79 Å². The number of benzene rings is 1. The monoisotopic (exact) mass is 376 g/mol. The molecule has 144 valence electrons. The van der Waals surface area contributed by atoms with Crippen LogP contribution in [0.1, 0.15) is 18.7 Å². The summed E-state index contributed by atoms with van der Waals surface area (Å²) in [6, 6.07) is 13.4. The number of aryl methyl sites for hydroxylation is 1. The van der Waals surface area contributed by atoms with E-state index < -0.39 is 0 Å². The maximum absolute atomic E-state index is 12.1. The molecule has 7 nitrogen and oxygen atoms in total. The van der Waals surface area contributed by atoms with Gasteiger partial charge in [0.1, 0.15) is 24.0 Å². The van der Waals surface area contributed by atoms with E-state index in [0.29, 0.717) is 6.54 Å². The van der Waals surface area contributed by atoms with E-state index in [1.165, 1.54) is 12.8 Å². The average Bonchev–Trinajstić information content (AvgIpc) is 3.37. The zero-order valence-corrected chi connectivity index (χ0v) is 15.9. The van der Waals surface area contributed by atoms with Crippen LogP contribution in [0.2, 0.25) is 0 Å². The molecule has 0 aliphatic carbocycles. The van der Waals surface area contributed by atoms with Gasteiger partial charge in [0.2, 0.25) is 5.91 Å². The van der Waals surface area contributed by atoms with E-state index in [-0.39, 0.29) is 5.91 Å². The van der Waals surface area contributed by atoms with Crippen LogP contribution in [0.15, 0.2) is 54.9 Å². The lowest BCUT2D eigenvalue weighted by molar-refractivity contribution is -0.116. The van der Waals surface area contributed by atoms with E-state index in [0.717, 1.165) is 41.9 Å². The summed E-state index contributed by atoms with van der Waals surface area (Å²) in [6.45, 7) is 4.31. The predicted molar refractivity (Wildman–Crippen MR) is 111 cm³/mol. The number of hydrogen-bond donors (Lipinski definition) is 2. The maximum atomic E-state index is 12.1. The van der Waals surface area contributed by atoms with Crippen molar-refractivity contribution in [1.82, 2.24) is 14.5 Å². The molecule has 1 aromatic carbocycles. The van der Waals surface area contributed by atoms with Crippen LogP contribution >= 0.6 is 0 Å². The molecule has 1 amide bonds. The Balaban J connectivity index is 1.39. The van der Waals surface area contributed by atoms with Gasteiger partial charge in [-0.15, -0.1) is 0 Å². The number of nitrogens with zero attached hydrogens (tertiary/aromatic N) is 4. The van der Waals surface area contributed by atoms with Crippen LogP contribution in [-0.4, -0.2) is 33.5 Å². The van der Waals surface area contributed by atoms with Gasteiger partial charge < -0.3 is 20.1 Å². The lowest BCUT2D eigenvalue weighted by Gasteiger charge is -2.18. The van der Waals surface area contributed by atoms with Crippen LogP contribution in [0, 0.1) is 6.92 Å². The third kappa shape index (κ3) is 4.49. The zero-order chi connectivity index (χ0) is 19.3. The predicted octanol–water partition coefficient (Wildman–Crippen LogP) is 3.57. The summed E-state index contributed by atoms with van der Waals surface area (Å²) < 4.78 is 1.83. The second-order valence-electron chi connectivity index (χ2n) is 6.96. The van der Waals surface area contributed by atoms with Crippen molar-refractivity contribution in [2.45, 2.75) is 26.3 Å². The minimum atomic E-state index is -0.0569. The van der Waals surface area contributed by atoms with Crippen LogP contribution in [-0.2, 0) is 11.3 Å². The molecule has 0 atom stereocenters. The first-order valence-corrected chi connectivity index (χ1v) is 9.54. The summed E-state index contributed by atoms with van der Waals surface area (Å²) in [6.07, 6.45) is 6.16. The number of aromatic nitrogens is 3. The summed E-state index contributed by atoms with van der Waals surface area (Å²) in [5.74, 6) is 2.44. The Morgan fingerprint density at radius 2 is 1.71 bits per heavy atom. The van der Waals surface area contributed by atoms with Gasteiger partial charge in [0.15, 0.2) is 0 Å². The highest BCUT2D eigenvalue weighted by atomic mass is 16.1. The van der Waals surface area contributed by atoms with Crippen molar-refractivity contribution in [1.29, 1.82) is 0 Å². The van der Waals surface area contributed by atoms with Crippen molar-refractivity contribution in [3.05, 3.63) is 60.7 Å². The summed E-state index contributed by atoms with van der Waals surface area (Å²) >= 11 is 0. The van der Waals surface area contributed by atoms with Crippen molar-refractivity contribution in [3.8, 4) is 0 Å². The second kappa shape index (κ2) is 8.12. The third-order valence-electron chi connectivity index (χ3n) is 4.69. The van der Waals surface area contributed by atoms with E-state index in [1.807, 2.05) is 66.3 Å².